The molecule has 0 fully saturated rings. The van der Waals surface area contributed by atoms with Crippen LogP contribution in [0.3, 0.4) is 0 Å². The van der Waals surface area contributed by atoms with Gasteiger partial charge in [0.15, 0.2) is 0 Å². The second-order valence-electron chi connectivity index (χ2n) is 4.59. The molecule has 0 aliphatic rings. The molecule has 1 aromatic carbocycles. The van der Waals surface area contributed by atoms with Crippen molar-refractivity contribution in [2.45, 2.75) is 6.92 Å². The Morgan fingerprint density at radius 3 is 1.43 bits per heavy atom. The number of nitrogens with zero attached hydrogens (tertiary/aromatic N) is 1. The third-order valence-electron chi connectivity index (χ3n) is 2.60. The van der Waals surface area contributed by atoms with Gasteiger partial charge in [0.2, 0.25) is 0 Å². The highest BCUT2D eigenvalue weighted by Gasteiger charge is 1.98. The van der Waals surface area contributed by atoms with Gasteiger partial charge in [-0.2, -0.15) is 0 Å². The number of hydrogen-bond acceptors (Lipinski definition) is 1. The summed E-state index contributed by atoms with van der Waals surface area (Å²) in [6.07, 6.45) is 2.92. The molecule has 0 bridgehead atoms. The summed E-state index contributed by atoms with van der Waals surface area (Å²) in [5.41, 5.74) is 1.94. The minimum Gasteiger partial charge on any atom is -0.226 e. The zero-order chi connectivity index (χ0) is 20.3. The van der Waals surface area contributed by atoms with E-state index in [1.807, 2.05) is 31.2 Å². The first kappa shape index (κ1) is 21.0. The second-order valence-corrected chi connectivity index (χ2v) is 4.59. The van der Waals surface area contributed by atoms with Gasteiger partial charge in [-0.05, 0) is 66.7 Å². The van der Waals surface area contributed by atoms with E-state index < -0.39 is 0 Å². The van der Waals surface area contributed by atoms with Crippen LogP contribution < -0.4 is 4.90 Å². The average molecular weight is 351 g/mol. The molecule has 0 saturated carbocycles. The monoisotopic (exact) mass is 351 g/mol. The summed E-state index contributed by atoms with van der Waals surface area (Å²) in [6, 6.07) is 13.5. The quantitative estimate of drug-likeness (QED) is 0.555. The first-order valence-electron chi connectivity index (χ1n) is 7.89. The van der Waals surface area contributed by atoms with Gasteiger partial charge in [0.05, 0.1) is 5.69 Å². The van der Waals surface area contributed by atoms with Gasteiger partial charge in [0.1, 0.15) is 0 Å². The van der Waals surface area contributed by atoms with E-state index in [0.717, 1.165) is 11.3 Å². The molecule has 0 N–H and O–H groups in total. The van der Waals surface area contributed by atoms with Gasteiger partial charge in [-0.3, -0.25) is 0 Å². The summed E-state index contributed by atoms with van der Waals surface area (Å²) in [5, 5.41) is 0. The van der Waals surface area contributed by atoms with Crippen molar-refractivity contribution >= 4 is 5.69 Å². The Labute approximate surface area is 167 Å². The van der Waals surface area contributed by atoms with E-state index in [-0.39, 0.29) is 0 Å². The van der Waals surface area contributed by atoms with E-state index in [1.54, 1.807) is 4.90 Å². The lowest BCUT2D eigenvalue weighted by Crippen LogP contribution is -2.08. The van der Waals surface area contributed by atoms with Crippen LogP contribution in [0.5, 0.6) is 0 Å². The highest BCUT2D eigenvalue weighted by atomic mass is 15.1. The normalized spacial score (nSPS) is 6.18. The van der Waals surface area contributed by atoms with Gasteiger partial charge < -0.3 is 0 Å². The van der Waals surface area contributed by atoms with E-state index >= 15 is 0 Å². The van der Waals surface area contributed by atoms with Crippen LogP contribution in [0.2, 0.25) is 0 Å². The molecule has 28 heavy (non-hydrogen) atoms. The summed E-state index contributed by atoms with van der Waals surface area (Å²) in [7, 11) is 0. The lowest BCUT2D eigenvalue weighted by molar-refractivity contribution is 1.36. The van der Waals surface area contributed by atoms with Crippen LogP contribution in [0.4, 0.5) is 5.69 Å². The van der Waals surface area contributed by atoms with E-state index in [9.17, 15) is 0 Å². The molecule has 0 radical (unpaired) electrons. The van der Waals surface area contributed by atoms with Gasteiger partial charge in [-0.15, -0.1) is 0 Å². The molecule has 0 aliphatic carbocycles. The van der Waals surface area contributed by atoms with Crippen molar-refractivity contribution in [3.8, 4) is 95.0 Å². The maximum Gasteiger partial charge on any atom is 0.0637 e. The zero-order valence-corrected chi connectivity index (χ0v) is 15.3. The standard InChI is InChI=1S/C27H13N/c1-4-6-8-10-12-14-16-18-24-28(27-22-20-26(3)21-23-27)25-19-17-15-13-11-9-7-5-2/h4-5,20-23H,1-2H2,3H3. The summed E-state index contributed by atoms with van der Waals surface area (Å²) >= 11 is 0. The lowest BCUT2D eigenvalue weighted by Gasteiger charge is -2.08. The summed E-state index contributed by atoms with van der Waals surface area (Å²) in [4.78, 5) is 1.54. The van der Waals surface area contributed by atoms with Crippen LogP contribution in [0, 0.1) is 102 Å². The Hall–Kier alpha value is -5.02. The Bertz CT molecular complexity index is 1150. The highest BCUT2D eigenvalue weighted by Crippen LogP contribution is 2.13. The second kappa shape index (κ2) is 14.3. The van der Waals surface area contributed by atoms with Crippen molar-refractivity contribution in [3.63, 3.8) is 0 Å². The average Bonchev–Trinajstić information content (AvgIpc) is 2.71. The molecule has 0 saturated heterocycles. The topological polar surface area (TPSA) is 3.24 Å². The molecule has 126 valence electrons. The van der Waals surface area contributed by atoms with Crippen LogP contribution in [-0.4, -0.2) is 0 Å². The van der Waals surface area contributed by atoms with E-state index in [0.29, 0.717) is 0 Å². The Morgan fingerprint density at radius 2 is 1.00 bits per heavy atom. The molecule has 0 unspecified atom stereocenters. The fourth-order valence-corrected chi connectivity index (χ4v) is 1.44. The molecule has 0 heterocycles. The molecular weight excluding hydrogens is 338 g/mol. The van der Waals surface area contributed by atoms with Crippen LogP contribution in [-0.2, 0) is 0 Å². The maximum absolute atomic E-state index is 3.47. The molecule has 0 amide bonds. The largest absolute Gasteiger partial charge is 0.226 e. The Morgan fingerprint density at radius 1 is 0.607 bits per heavy atom. The number of anilines is 1. The van der Waals surface area contributed by atoms with Gasteiger partial charge in [0, 0.05) is 47.6 Å². The van der Waals surface area contributed by atoms with E-state index in [4.69, 9.17) is 0 Å². The number of aryl methyl sites for hydroxylation is 1. The summed E-state index contributed by atoms with van der Waals surface area (Å²) < 4.78 is 0. The number of allylic oxidation sites excluding steroid dienone is 2. The Kier molecular flexibility index (Phi) is 10.8. The molecule has 0 atom stereocenters. The van der Waals surface area contributed by atoms with Crippen molar-refractivity contribution in [2.24, 2.45) is 0 Å². The van der Waals surface area contributed by atoms with Crippen LogP contribution in [0.25, 0.3) is 0 Å². The number of hydrogen-bond donors (Lipinski definition) is 0. The Balaban J connectivity index is 3.01. The van der Waals surface area contributed by atoms with E-state index in [1.165, 1.54) is 12.2 Å². The molecule has 0 aromatic heterocycles. The van der Waals surface area contributed by atoms with Crippen molar-refractivity contribution in [1.29, 1.82) is 0 Å². The number of benzene rings is 1. The van der Waals surface area contributed by atoms with Crippen molar-refractivity contribution in [3.05, 3.63) is 55.1 Å². The smallest absolute Gasteiger partial charge is 0.0637 e. The lowest BCUT2D eigenvalue weighted by atomic mass is 10.2. The predicted octanol–water partition coefficient (Wildman–Crippen LogP) is 3.12. The van der Waals surface area contributed by atoms with E-state index in [2.05, 4.69) is 108 Å². The van der Waals surface area contributed by atoms with Crippen molar-refractivity contribution in [2.75, 3.05) is 4.90 Å². The first-order chi connectivity index (χ1) is 13.8. The van der Waals surface area contributed by atoms with Gasteiger partial charge in [-0.25, -0.2) is 4.90 Å². The molecule has 1 heteroatoms. The molecule has 0 spiro atoms. The predicted molar refractivity (Wildman–Crippen MR) is 116 cm³/mol. The SMILES string of the molecule is C=CC#CC#CC#CC#CN(C#CC#CC#CC#CC=C)c1ccc(C)cc1. The highest BCUT2D eigenvalue weighted by molar-refractivity contribution is 5.60. The van der Waals surface area contributed by atoms with Crippen LogP contribution in [0.1, 0.15) is 5.56 Å². The van der Waals surface area contributed by atoms with Gasteiger partial charge in [0.25, 0.3) is 0 Å². The molecule has 1 rings (SSSR count). The van der Waals surface area contributed by atoms with Crippen LogP contribution in [0.15, 0.2) is 49.6 Å². The summed E-state index contributed by atoms with van der Waals surface area (Å²) in [5.74, 6) is 36.5. The fraction of sp³-hybridized carbons (Fsp3) is 0.0370. The third-order valence-corrected chi connectivity index (χ3v) is 2.60. The molecule has 1 nitrogen and oxygen atoms in total. The number of rotatable bonds is 1. The van der Waals surface area contributed by atoms with Gasteiger partial charge in [-0.1, -0.05) is 42.7 Å². The van der Waals surface area contributed by atoms with Crippen LogP contribution >= 0.6 is 0 Å². The maximum atomic E-state index is 3.47. The zero-order valence-electron chi connectivity index (χ0n) is 15.3. The molecule has 1 aromatic rings. The summed E-state index contributed by atoms with van der Waals surface area (Å²) in [6.45, 7) is 8.94. The fourth-order valence-electron chi connectivity index (χ4n) is 1.44. The molecule has 0 aliphatic heterocycles. The minimum atomic E-state index is 0.806. The minimum absolute atomic E-state index is 0.806. The van der Waals surface area contributed by atoms with Crippen molar-refractivity contribution in [1.82, 2.24) is 0 Å². The first-order valence-corrected chi connectivity index (χ1v) is 7.89. The van der Waals surface area contributed by atoms with Gasteiger partial charge >= 0.3 is 0 Å². The third kappa shape index (κ3) is 9.97. The van der Waals surface area contributed by atoms with Crippen molar-refractivity contribution < 1.29 is 0 Å². The molecular formula is C27H13N.